The van der Waals surface area contributed by atoms with Gasteiger partial charge in [0.25, 0.3) is 11.8 Å². The number of ether oxygens (including phenoxy) is 1. The van der Waals surface area contributed by atoms with Gasteiger partial charge in [0.05, 0.1) is 5.69 Å². The number of nitrogens with zero attached hydrogens (tertiary/aromatic N) is 1. The SMILES string of the molecule is C=C(C)CN1C(=O)C(C)Oc2ccc(NC(=O)c3cccc(Br)c3)cc21. The number of carbonyl (C=O) groups excluding carboxylic acids is 2. The third kappa shape index (κ3) is 3.80. The molecule has 6 heteroatoms. The monoisotopic (exact) mass is 414 g/mol. The first-order chi connectivity index (χ1) is 12.3. The summed E-state index contributed by atoms with van der Waals surface area (Å²) in [6, 6.07) is 12.4. The Hall–Kier alpha value is -2.60. The molecule has 0 radical (unpaired) electrons. The Kier molecular flexibility index (Phi) is 5.13. The topological polar surface area (TPSA) is 58.6 Å². The fraction of sp³-hybridized carbons (Fsp3) is 0.200. The molecule has 2 amide bonds. The Balaban J connectivity index is 1.89. The van der Waals surface area contributed by atoms with E-state index >= 15 is 0 Å². The normalized spacial score (nSPS) is 15.9. The number of amides is 2. The van der Waals surface area contributed by atoms with E-state index in [0.717, 1.165) is 10.0 Å². The van der Waals surface area contributed by atoms with Crippen LogP contribution in [0.25, 0.3) is 0 Å². The molecule has 1 heterocycles. The van der Waals surface area contributed by atoms with Crippen LogP contribution in [0.4, 0.5) is 11.4 Å². The standard InChI is InChI=1S/C20H19BrN2O3/c1-12(2)11-23-17-10-16(7-8-18(17)26-13(3)20(23)25)22-19(24)14-5-4-6-15(21)9-14/h4-10,13H,1,11H2,2-3H3,(H,22,24). The molecule has 1 aliphatic rings. The molecule has 0 saturated heterocycles. The van der Waals surface area contributed by atoms with Gasteiger partial charge in [0.2, 0.25) is 0 Å². The minimum Gasteiger partial charge on any atom is -0.479 e. The van der Waals surface area contributed by atoms with Gasteiger partial charge >= 0.3 is 0 Å². The first kappa shape index (κ1) is 18.2. The van der Waals surface area contributed by atoms with E-state index < -0.39 is 6.10 Å². The molecule has 0 bridgehead atoms. The number of halogens is 1. The van der Waals surface area contributed by atoms with Crippen LogP contribution in [0.1, 0.15) is 24.2 Å². The number of benzene rings is 2. The van der Waals surface area contributed by atoms with Gasteiger partial charge in [-0.25, -0.2) is 0 Å². The highest BCUT2D eigenvalue weighted by Gasteiger charge is 2.31. The fourth-order valence-corrected chi connectivity index (χ4v) is 3.15. The van der Waals surface area contributed by atoms with Crippen LogP contribution >= 0.6 is 15.9 Å². The first-order valence-electron chi connectivity index (χ1n) is 8.18. The van der Waals surface area contributed by atoms with Crippen molar-refractivity contribution in [3.05, 3.63) is 64.7 Å². The van der Waals surface area contributed by atoms with Gasteiger partial charge in [-0.05, 0) is 50.2 Å². The van der Waals surface area contributed by atoms with Crippen molar-refractivity contribution >= 4 is 39.1 Å². The smallest absolute Gasteiger partial charge is 0.268 e. The van der Waals surface area contributed by atoms with Crippen molar-refractivity contribution in [2.24, 2.45) is 0 Å². The lowest BCUT2D eigenvalue weighted by atomic mass is 10.1. The summed E-state index contributed by atoms with van der Waals surface area (Å²) < 4.78 is 6.51. The maximum Gasteiger partial charge on any atom is 0.268 e. The van der Waals surface area contributed by atoms with Gasteiger partial charge in [0.1, 0.15) is 5.75 Å². The molecule has 0 spiro atoms. The molecule has 5 nitrogen and oxygen atoms in total. The van der Waals surface area contributed by atoms with E-state index in [1.54, 1.807) is 48.2 Å². The Morgan fingerprint density at radius 3 is 2.77 bits per heavy atom. The van der Waals surface area contributed by atoms with Crippen LogP contribution in [0.2, 0.25) is 0 Å². The fourth-order valence-electron chi connectivity index (χ4n) is 2.75. The lowest BCUT2D eigenvalue weighted by Crippen LogP contribution is -2.45. The Morgan fingerprint density at radius 2 is 2.08 bits per heavy atom. The average Bonchev–Trinajstić information content (AvgIpc) is 2.59. The molecule has 0 aromatic heterocycles. The van der Waals surface area contributed by atoms with Gasteiger partial charge in [-0.3, -0.25) is 9.59 Å². The summed E-state index contributed by atoms with van der Waals surface area (Å²) in [4.78, 5) is 26.6. The highest BCUT2D eigenvalue weighted by Crippen LogP contribution is 2.36. The second kappa shape index (κ2) is 7.33. The zero-order valence-electron chi connectivity index (χ0n) is 14.6. The lowest BCUT2D eigenvalue weighted by Gasteiger charge is -2.33. The van der Waals surface area contributed by atoms with Crippen molar-refractivity contribution in [1.82, 2.24) is 0 Å². The van der Waals surface area contributed by atoms with E-state index in [4.69, 9.17) is 4.74 Å². The number of carbonyl (C=O) groups is 2. The number of nitrogens with one attached hydrogen (secondary N) is 1. The summed E-state index contributed by atoms with van der Waals surface area (Å²) in [5.41, 5.74) is 2.62. The second-order valence-electron chi connectivity index (χ2n) is 6.29. The van der Waals surface area contributed by atoms with Crippen molar-refractivity contribution in [2.75, 3.05) is 16.8 Å². The number of anilines is 2. The van der Waals surface area contributed by atoms with Gasteiger partial charge in [-0.15, -0.1) is 0 Å². The van der Waals surface area contributed by atoms with E-state index in [-0.39, 0.29) is 11.8 Å². The second-order valence-corrected chi connectivity index (χ2v) is 7.20. The Labute approximate surface area is 160 Å². The van der Waals surface area contributed by atoms with E-state index in [1.807, 2.05) is 13.0 Å². The maximum absolute atomic E-state index is 12.5. The van der Waals surface area contributed by atoms with Gasteiger partial charge in [-0.2, -0.15) is 0 Å². The molecule has 134 valence electrons. The number of fused-ring (bicyclic) bond motifs is 1. The minimum atomic E-state index is -0.552. The highest BCUT2D eigenvalue weighted by atomic mass is 79.9. The third-order valence-corrected chi connectivity index (χ3v) is 4.43. The van der Waals surface area contributed by atoms with E-state index in [0.29, 0.717) is 29.2 Å². The van der Waals surface area contributed by atoms with Crippen LogP contribution in [0.15, 0.2) is 59.1 Å². The zero-order valence-corrected chi connectivity index (χ0v) is 16.2. The largest absolute Gasteiger partial charge is 0.479 e. The van der Waals surface area contributed by atoms with Gasteiger partial charge in [0.15, 0.2) is 6.10 Å². The Morgan fingerprint density at radius 1 is 1.31 bits per heavy atom. The molecular formula is C20H19BrN2O3. The van der Waals surface area contributed by atoms with Crippen LogP contribution in [0.3, 0.4) is 0 Å². The molecule has 1 N–H and O–H groups in total. The van der Waals surface area contributed by atoms with Crippen molar-refractivity contribution in [3.8, 4) is 5.75 Å². The molecule has 0 aliphatic carbocycles. The third-order valence-electron chi connectivity index (χ3n) is 3.94. The van der Waals surface area contributed by atoms with Gasteiger partial charge in [-0.1, -0.05) is 34.1 Å². The quantitative estimate of drug-likeness (QED) is 0.754. The lowest BCUT2D eigenvalue weighted by molar-refractivity contribution is -0.125. The molecular weight excluding hydrogens is 396 g/mol. The van der Waals surface area contributed by atoms with Crippen LogP contribution in [-0.2, 0) is 4.79 Å². The minimum absolute atomic E-state index is 0.129. The molecule has 1 unspecified atom stereocenters. The summed E-state index contributed by atoms with van der Waals surface area (Å²) in [5.74, 6) is 0.254. The molecule has 1 aliphatic heterocycles. The zero-order chi connectivity index (χ0) is 18.8. The van der Waals surface area contributed by atoms with Crippen LogP contribution in [0.5, 0.6) is 5.75 Å². The van der Waals surface area contributed by atoms with Gasteiger partial charge in [0, 0.05) is 22.3 Å². The van der Waals surface area contributed by atoms with E-state index in [1.165, 1.54) is 0 Å². The average molecular weight is 415 g/mol. The maximum atomic E-state index is 12.5. The number of hydrogen-bond donors (Lipinski definition) is 1. The molecule has 2 aromatic carbocycles. The van der Waals surface area contributed by atoms with Crippen molar-refractivity contribution in [3.63, 3.8) is 0 Å². The van der Waals surface area contributed by atoms with Crippen molar-refractivity contribution < 1.29 is 14.3 Å². The predicted molar refractivity (Wildman–Crippen MR) is 106 cm³/mol. The molecule has 3 rings (SSSR count). The van der Waals surface area contributed by atoms with Gasteiger partial charge < -0.3 is 15.0 Å². The summed E-state index contributed by atoms with van der Waals surface area (Å²) in [7, 11) is 0. The summed E-state index contributed by atoms with van der Waals surface area (Å²) in [5, 5.41) is 2.86. The molecule has 1 atom stereocenters. The molecule has 2 aromatic rings. The molecule has 0 fully saturated rings. The van der Waals surface area contributed by atoms with Crippen LogP contribution < -0.4 is 15.0 Å². The van der Waals surface area contributed by atoms with Crippen LogP contribution in [-0.4, -0.2) is 24.5 Å². The van der Waals surface area contributed by atoms with E-state index in [2.05, 4.69) is 27.8 Å². The molecule has 0 saturated carbocycles. The summed E-state index contributed by atoms with van der Waals surface area (Å²) >= 11 is 3.36. The summed E-state index contributed by atoms with van der Waals surface area (Å²) in [6.07, 6.45) is -0.552. The number of hydrogen-bond acceptors (Lipinski definition) is 3. The first-order valence-corrected chi connectivity index (χ1v) is 8.98. The molecule has 26 heavy (non-hydrogen) atoms. The van der Waals surface area contributed by atoms with Crippen LogP contribution in [0, 0.1) is 0 Å². The number of rotatable bonds is 4. The van der Waals surface area contributed by atoms with E-state index in [9.17, 15) is 9.59 Å². The Bertz CT molecular complexity index is 894. The highest BCUT2D eigenvalue weighted by molar-refractivity contribution is 9.10. The predicted octanol–water partition coefficient (Wildman–Crippen LogP) is 4.39. The van der Waals surface area contributed by atoms with Crippen molar-refractivity contribution in [2.45, 2.75) is 20.0 Å². The van der Waals surface area contributed by atoms with Crippen molar-refractivity contribution in [1.29, 1.82) is 0 Å². The summed E-state index contributed by atoms with van der Waals surface area (Å²) in [6.45, 7) is 7.89.